The predicted octanol–water partition coefficient (Wildman–Crippen LogP) is 4.97. The average Bonchev–Trinajstić information content (AvgIpc) is 2.16. The summed E-state index contributed by atoms with van der Waals surface area (Å²) in [6.45, 7) is 15.2. The van der Waals surface area contributed by atoms with Gasteiger partial charge in [-0.15, -0.1) is 0 Å². The number of allylic oxidation sites excluding steroid dienone is 1. The third kappa shape index (κ3) is 2.50. The Morgan fingerprint density at radius 3 is 2.07 bits per heavy atom. The lowest BCUT2D eigenvalue weighted by atomic mass is 9.85. The molecule has 0 radical (unpaired) electrons. The van der Waals surface area contributed by atoms with Crippen LogP contribution >= 0.6 is 0 Å². The van der Waals surface area contributed by atoms with Crippen LogP contribution in [0.1, 0.15) is 63.1 Å². The minimum atomic E-state index is 0.565. The second-order valence-corrected chi connectivity index (χ2v) is 4.90. The van der Waals surface area contributed by atoms with E-state index in [-0.39, 0.29) is 0 Å². The molecule has 0 amide bonds. The van der Waals surface area contributed by atoms with Crippen LogP contribution in [0.5, 0.6) is 0 Å². The van der Waals surface area contributed by atoms with Crippen molar-refractivity contribution in [2.24, 2.45) is 0 Å². The maximum absolute atomic E-state index is 4.07. The normalized spacial score (nSPS) is 11.1. The van der Waals surface area contributed by atoms with Crippen molar-refractivity contribution in [3.63, 3.8) is 0 Å². The Morgan fingerprint density at radius 2 is 1.67 bits per heavy atom. The smallest absolute Gasteiger partial charge is 0.0196 e. The highest BCUT2D eigenvalue weighted by Gasteiger charge is 2.13. The van der Waals surface area contributed by atoms with Gasteiger partial charge in [0.2, 0.25) is 0 Å². The van der Waals surface area contributed by atoms with Crippen molar-refractivity contribution in [3.05, 3.63) is 41.5 Å². The van der Waals surface area contributed by atoms with Crippen LogP contribution in [-0.2, 0) is 0 Å². The highest BCUT2D eigenvalue weighted by molar-refractivity contribution is 5.66. The quantitative estimate of drug-likeness (QED) is 0.649. The van der Waals surface area contributed by atoms with Gasteiger partial charge < -0.3 is 0 Å². The minimum absolute atomic E-state index is 0.565. The summed E-state index contributed by atoms with van der Waals surface area (Å²) in [6, 6.07) is 6.57. The summed E-state index contributed by atoms with van der Waals surface area (Å²) in [5.74, 6) is 1.15. The molecular formula is C15H22. The molecule has 0 aliphatic heterocycles. The van der Waals surface area contributed by atoms with E-state index in [1.807, 2.05) is 0 Å². The van der Waals surface area contributed by atoms with Crippen LogP contribution in [0.15, 0.2) is 24.8 Å². The van der Waals surface area contributed by atoms with Crippen LogP contribution in [0, 0.1) is 0 Å². The van der Waals surface area contributed by atoms with E-state index in [1.165, 1.54) is 22.3 Å². The van der Waals surface area contributed by atoms with Gasteiger partial charge in [0.05, 0.1) is 0 Å². The van der Waals surface area contributed by atoms with E-state index < -0.39 is 0 Å². The van der Waals surface area contributed by atoms with Crippen LogP contribution in [-0.4, -0.2) is 0 Å². The van der Waals surface area contributed by atoms with E-state index in [0.717, 1.165) is 0 Å². The Balaban J connectivity index is 3.42. The minimum Gasteiger partial charge on any atom is -0.0955 e. The third-order valence-corrected chi connectivity index (χ3v) is 2.80. The van der Waals surface area contributed by atoms with Gasteiger partial charge in [0.15, 0.2) is 0 Å². The van der Waals surface area contributed by atoms with Crippen LogP contribution in [0.3, 0.4) is 0 Å². The summed E-state index contributed by atoms with van der Waals surface area (Å²) in [5.41, 5.74) is 5.43. The first-order valence-corrected chi connectivity index (χ1v) is 5.73. The Labute approximate surface area is 94.0 Å². The van der Waals surface area contributed by atoms with Gasteiger partial charge in [-0.05, 0) is 35.4 Å². The molecule has 0 N–H and O–H groups in total. The van der Waals surface area contributed by atoms with Gasteiger partial charge >= 0.3 is 0 Å². The maximum Gasteiger partial charge on any atom is -0.0196 e. The molecule has 82 valence electrons. The number of rotatable bonds is 3. The van der Waals surface area contributed by atoms with Crippen molar-refractivity contribution < 1.29 is 0 Å². The number of hydrogen-bond donors (Lipinski definition) is 0. The van der Waals surface area contributed by atoms with Crippen LogP contribution in [0.2, 0.25) is 0 Å². The fourth-order valence-electron chi connectivity index (χ4n) is 2.10. The molecule has 0 aromatic heterocycles. The average molecular weight is 202 g/mol. The fourth-order valence-corrected chi connectivity index (χ4v) is 2.10. The Kier molecular flexibility index (Phi) is 3.73. The second kappa shape index (κ2) is 4.65. The molecule has 0 aliphatic carbocycles. The summed E-state index contributed by atoms with van der Waals surface area (Å²) in [7, 11) is 0. The Bertz CT molecular complexity index is 356. The molecule has 0 aliphatic rings. The van der Waals surface area contributed by atoms with Crippen molar-refractivity contribution in [2.45, 2.75) is 46.5 Å². The standard InChI is InChI=1S/C15H22/c1-10(2)13-8-7-9-14(11(3)4)15(13)12(5)6/h7-9,11-12H,1H2,2-6H3. The van der Waals surface area contributed by atoms with Crippen molar-refractivity contribution in [3.8, 4) is 0 Å². The Morgan fingerprint density at radius 1 is 1.07 bits per heavy atom. The SMILES string of the molecule is C=C(C)c1cccc(C(C)C)c1C(C)C. The molecule has 0 atom stereocenters. The van der Waals surface area contributed by atoms with E-state index in [1.54, 1.807) is 0 Å². The molecule has 0 spiro atoms. The monoisotopic (exact) mass is 202 g/mol. The van der Waals surface area contributed by atoms with Crippen molar-refractivity contribution >= 4 is 5.57 Å². The molecule has 0 saturated heterocycles. The van der Waals surface area contributed by atoms with E-state index >= 15 is 0 Å². The zero-order valence-corrected chi connectivity index (χ0v) is 10.6. The molecule has 0 bridgehead atoms. The molecule has 1 rings (SSSR count). The Hall–Kier alpha value is -1.04. The zero-order chi connectivity index (χ0) is 11.6. The van der Waals surface area contributed by atoms with E-state index in [0.29, 0.717) is 11.8 Å². The predicted molar refractivity (Wildman–Crippen MR) is 69.3 cm³/mol. The van der Waals surface area contributed by atoms with Crippen LogP contribution in [0.4, 0.5) is 0 Å². The summed E-state index contributed by atoms with van der Waals surface area (Å²) < 4.78 is 0. The van der Waals surface area contributed by atoms with E-state index in [4.69, 9.17) is 0 Å². The van der Waals surface area contributed by atoms with E-state index in [2.05, 4.69) is 59.4 Å². The molecule has 0 saturated carbocycles. The topological polar surface area (TPSA) is 0 Å². The fraction of sp³-hybridized carbons (Fsp3) is 0.467. The van der Waals surface area contributed by atoms with Gasteiger partial charge in [-0.1, -0.05) is 58.0 Å². The molecule has 0 nitrogen and oxygen atoms in total. The van der Waals surface area contributed by atoms with Crippen molar-refractivity contribution in [1.29, 1.82) is 0 Å². The molecule has 0 unspecified atom stereocenters. The third-order valence-electron chi connectivity index (χ3n) is 2.80. The van der Waals surface area contributed by atoms with Gasteiger partial charge in [-0.25, -0.2) is 0 Å². The van der Waals surface area contributed by atoms with Gasteiger partial charge in [0, 0.05) is 0 Å². The highest BCUT2D eigenvalue weighted by Crippen LogP contribution is 2.32. The maximum atomic E-state index is 4.07. The molecule has 1 aromatic carbocycles. The highest BCUT2D eigenvalue weighted by atomic mass is 14.2. The van der Waals surface area contributed by atoms with Crippen molar-refractivity contribution in [1.82, 2.24) is 0 Å². The summed E-state index contributed by atoms with van der Waals surface area (Å²) in [4.78, 5) is 0. The number of benzene rings is 1. The summed E-state index contributed by atoms with van der Waals surface area (Å²) in [6.07, 6.45) is 0. The first-order valence-electron chi connectivity index (χ1n) is 5.73. The van der Waals surface area contributed by atoms with Crippen LogP contribution < -0.4 is 0 Å². The lowest BCUT2D eigenvalue weighted by molar-refractivity contribution is 0.787. The first-order chi connectivity index (χ1) is 6.95. The number of hydrogen-bond acceptors (Lipinski definition) is 0. The van der Waals surface area contributed by atoms with Gasteiger partial charge in [-0.3, -0.25) is 0 Å². The lowest BCUT2D eigenvalue weighted by Gasteiger charge is -2.20. The lowest BCUT2D eigenvalue weighted by Crippen LogP contribution is -2.02. The van der Waals surface area contributed by atoms with Gasteiger partial charge in [0.25, 0.3) is 0 Å². The molecular weight excluding hydrogens is 180 g/mol. The molecule has 15 heavy (non-hydrogen) atoms. The summed E-state index contributed by atoms with van der Waals surface area (Å²) >= 11 is 0. The molecule has 0 fully saturated rings. The van der Waals surface area contributed by atoms with Crippen molar-refractivity contribution in [2.75, 3.05) is 0 Å². The second-order valence-electron chi connectivity index (χ2n) is 4.90. The van der Waals surface area contributed by atoms with E-state index in [9.17, 15) is 0 Å². The molecule has 1 aromatic rings. The largest absolute Gasteiger partial charge is 0.0955 e. The molecule has 0 heterocycles. The van der Waals surface area contributed by atoms with Gasteiger partial charge in [-0.2, -0.15) is 0 Å². The zero-order valence-electron chi connectivity index (χ0n) is 10.6. The summed E-state index contributed by atoms with van der Waals surface area (Å²) in [5, 5.41) is 0. The molecule has 0 heteroatoms. The van der Waals surface area contributed by atoms with Gasteiger partial charge in [0.1, 0.15) is 0 Å². The first kappa shape index (κ1) is 12.0. The van der Waals surface area contributed by atoms with Crippen LogP contribution in [0.25, 0.3) is 5.57 Å².